The number of rotatable bonds is 1. The molecule has 2 aromatic rings. The van der Waals surface area contributed by atoms with Gasteiger partial charge in [-0.2, -0.15) is 4.39 Å². The lowest BCUT2D eigenvalue weighted by molar-refractivity contribution is -0.0467. The van der Waals surface area contributed by atoms with Gasteiger partial charge in [0, 0.05) is 10.9 Å². The van der Waals surface area contributed by atoms with Gasteiger partial charge in [-0.3, -0.25) is 0 Å². The van der Waals surface area contributed by atoms with Crippen molar-refractivity contribution in [3.05, 3.63) is 29.5 Å². The lowest BCUT2D eigenvalue weighted by atomic mass is 10.1. The van der Waals surface area contributed by atoms with E-state index in [1.165, 1.54) is 12.3 Å². The quantitative estimate of drug-likeness (QED) is 0.832. The zero-order chi connectivity index (χ0) is 12.0. The van der Waals surface area contributed by atoms with Crippen LogP contribution in [0.5, 0.6) is 0 Å². The molecule has 1 aliphatic rings. The highest BCUT2D eigenvalue weighted by atomic mass is 19.2. The second-order valence-electron chi connectivity index (χ2n) is 3.73. The Balaban J connectivity index is 2.23. The van der Waals surface area contributed by atoms with Gasteiger partial charge in [0.15, 0.2) is 17.7 Å². The number of benzene rings is 1. The standard InChI is InChI=1S/C11H9F2NO3/c12-8-6(11-15-1-2-16-11)3-5-7(14)4-17-10(5)9(8)13/h3-4,11H,1-2,14H2. The van der Waals surface area contributed by atoms with E-state index in [1.54, 1.807) is 0 Å². The van der Waals surface area contributed by atoms with Gasteiger partial charge in [0.25, 0.3) is 0 Å². The molecule has 4 nitrogen and oxygen atoms in total. The van der Waals surface area contributed by atoms with Crippen LogP contribution >= 0.6 is 0 Å². The summed E-state index contributed by atoms with van der Waals surface area (Å²) < 4.78 is 42.6. The van der Waals surface area contributed by atoms with E-state index in [2.05, 4.69) is 0 Å². The number of hydrogen-bond acceptors (Lipinski definition) is 4. The average molecular weight is 241 g/mol. The average Bonchev–Trinajstić information content (AvgIpc) is 2.94. The summed E-state index contributed by atoms with van der Waals surface area (Å²) in [5.41, 5.74) is 5.65. The van der Waals surface area contributed by atoms with Crippen LogP contribution in [0.2, 0.25) is 0 Å². The Hall–Kier alpha value is -1.66. The van der Waals surface area contributed by atoms with Crippen molar-refractivity contribution in [3.63, 3.8) is 0 Å². The van der Waals surface area contributed by atoms with Gasteiger partial charge in [0.05, 0.1) is 18.9 Å². The number of nitrogen functional groups attached to an aromatic ring is 1. The molecule has 17 heavy (non-hydrogen) atoms. The van der Waals surface area contributed by atoms with Gasteiger partial charge in [-0.05, 0) is 6.07 Å². The van der Waals surface area contributed by atoms with Gasteiger partial charge in [-0.25, -0.2) is 4.39 Å². The summed E-state index contributed by atoms with van der Waals surface area (Å²) in [6, 6.07) is 1.39. The zero-order valence-electron chi connectivity index (χ0n) is 8.70. The van der Waals surface area contributed by atoms with Crippen molar-refractivity contribution < 1.29 is 22.7 Å². The van der Waals surface area contributed by atoms with Crippen molar-refractivity contribution in [1.82, 2.24) is 0 Å². The molecule has 0 saturated carbocycles. The molecule has 1 fully saturated rings. The molecule has 1 aromatic carbocycles. The fraction of sp³-hybridized carbons (Fsp3) is 0.273. The third kappa shape index (κ3) is 1.49. The van der Waals surface area contributed by atoms with Crippen LogP contribution in [0.3, 0.4) is 0 Å². The number of ether oxygens (including phenoxy) is 2. The van der Waals surface area contributed by atoms with E-state index >= 15 is 0 Å². The summed E-state index contributed by atoms with van der Waals surface area (Å²) in [4.78, 5) is 0. The minimum atomic E-state index is -1.08. The lowest BCUT2D eigenvalue weighted by Gasteiger charge is -2.11. The molecule has 0 atom stereocenters. The van der Waals surface area contributed by atoms with Gasteiger partial charge in [-0.15, -0.1) is 0 Å². The molecule has 0 bridgehead atoms. The number of anilines is 1. The fourth-order valence-corrected chi connectivity index (χ4v) is 1.85. The van der Waals surface area contributed by atoms with Crippen molar-refractivity contribution >= 4 is 16.7 Å². The second-order valence-corrected chi connectivity index (χ2v) is 3.73. The molecule has 1 saturated heterocycles. The highest BCUT2D eigenvalue weighted by Crippen LogP contribution is 2.34. The van der Waals surface area contributed by atoms with Crippen LogP contribution < -0.4 is 5.73 Å². The van der Waals surface area contributed by atoms with E-state index in [1.807, 2.05) is 0 Å². The van der Waals surface area contributed by atoms with Gasteiger partial charge in [0.2, 0.25) is 5.82 Å². The third-order valence-corrected chi connectivity index (χ3v) is 2.68. The summed E-state index contributed by atoms with van der Waals surface area (Å²) in [7, 11) is 0. The summed E-state index contributed by atoms with van der Waals surface area (Å²) in [6.45, 7) is 0.704. The van der Waals surface area contributed by atoms with Crippen LogP contribution in [0.25, 0.3) is 11.0 Å². The highest BCUT2D eigenvalue weighted by molar-refractivity contribution is 5.90. The molecule has 0 spiro atoms. The maximum Gasteiger partial charge on any atom is 0.202 e. The summed E-state index contributed by atoms with van der Waals surface area (Å²) >= 11 is 0. The van der Waals surface area contributed by atoms with Gasteiger partial charge < -0.3 is 19.6 Å². The van der Waals surface area contributed by atoms with Gasteiger partial charge in [-0.1, -0.05) is 0 Å². The fourth-order valence-electron chi connectivity index (χ4n) is 1.85. The van der Waals surface area contributed by atoms with Gasteiger partial charge >= 0.3 is 0 Å². The molecular weight excluding hydrogens is 232 g/mol. The minimum absolute atomic E-state index is 0.000556. The van der Waals surface area contributed by atoms with Crippen molar-refractivity contribution in [2.24, 2.45) is 0 Å². The molecule has 2 N–H and O–H groups in total. The van der Waals surface area contributed by atoms with Gasteiger partial charge in [0.1, 0.15) is 6.26 Å². The van der Waals surface area contributed by atoms with E-state index in [0.717, 1.165) is 0 Å². The number of furan rings is 1. The summed E-state index contributed by atoms with van der Waals surface area (Å²) in [6.07, 6.45) is 0.288. The Kier molecular flexibility index (Phi) is 2.27. The van der Waals surface area contributed by atoms with Crippen molar-refractivity contribution in [3.8, 4) is 0 Å². The molecule has 1 aromatic heterocycles. The molecule has 6 heteroatoms. The minimum Gasteiger partial charge on any atom is -0.459 e. The molecule has 0 radical (unpaired) electrons. The molecular formula is C11H9F2NO3. The first kappa shape index (κ1) is 10.5. The number of fused-ring (bicyclic) bond motifs is 1. The summed E-state index contributed by atoms with van der Waals surface area (Å²) in [5.74, 6) is -2.10. The Labute approximate surface area is 94.9 Å². The number of nitrogens with two attached hydrogens (primary N) is 1. The molecule has 0 unspecified atom stereocenters. The zero-order valence-corrected chi connectivity index (χ0v) is 8.70. The van der Waals surface area contributed by atoms with E-state index in [-0.39, 0.29) is 16.8 Å². The molecule has 90 valence electrons. The van der Waals surface area contributed by atoms with Crippen molar-refractivity contribution in [2.45, 2.75) is 6.29 Å². The van der Waals surface area contributed by atoms with Crippen LogP contribution in [0.4, 0.5) is 14.5 Å². The van der Waals surface area contributed by atoms with E-state index in [9.17, 15) is 8.78 Å². The topological polar surface area (TPSA) is 57.6 Å². The Morgan fingerprint density at radius 1 is 1.18 bits per heavy atom. The summed E-state index contributed by atoms with van der Waals surface area (Å²) in [5, 5.41) is 0.318. The smallest absolute Gasteiger partial charge is 0.202 e. The van der Waals surface area contributed by atoms with Crippen LogP contribution in [0.1, 0.15) is 11.9 Å². The van der Waals surface area contributed by atoms with E-state index in [0.29, 0.717) is 18.6 Å². The maximum atomic E-state index is 13.8. The molecule has 1 aliphatic heterocycles. The van der Waals surface area contributed by atoms with Crippen LogP contribution in [-0.2, 0) is 9.47 Å². The van der Waals surface area contributed by atoms with Crippen LogP contribution in [0, 0.1) is 11.6 Å². The monoisotopic (exact) mass is 241 g/mol. The lowest BCUT2D eigenvalue weighted by Crippen LogP contribution is -2.04. The number of halogens is 2. The Morgan fingerprint density at radius 2 is 1.88 bits per heavy atom. The maximum absolute atomic E-state index is 13.8. The Bertz CT molecular complexity index is 576. The van der Waals surface area contributed by atoms with Crippen LogP contribution in [-0.4, -0.2) is 13.2 Å². The van der Waals surface area contributed by atoms with Crippen molar-refractivity contribution in [2.75, 3.05) is 18.9 Å². The third-order valence-electron chi connectivity index (χ3n) is 2.68. The van der Waals surface area contributed by atoms with Crippen LogP contribution in [0.15, 0.2) is 16.7 Å². The molecule has 0 amide bonds. The first-order valence-corrected chi connectivity index (χ1v) is 5.06. The largest absolute Gasteiger partial charge is 0.459 e. The molecule has 0 aliphatic carbocycles. The highest BCUT2D eigenvalue weighted by Gasteiger charge is 2.27. The van der Waals surface area contributed by atoms with Crippen molar-refractivity contribution in [1.29, 1.82) is 0 Å². The first-order valence-electron chi connectivity index (χ1n) is 5.06. The van der Waals surface area contributed by atoms with E-state index < -0.39 is 17.9 Å². The SMILES string of the molecule is Nc1coc2c(F)c(F)c(C3OCCO3)cc12. The predicted octanol–water partition coefficient (Wildman–Crippen LogP) is 2.34. The number of hydrogen-bond donors (Lipinski definition) is 1. The predicted molar refractivity (Wildman–Crippen MR) is 55.2 cm³/mol. The molecule has 3 rings (SSSR count). The first-order chi connectivity index (χ1) is 8.18. The molecule has 2 heterocycles. The normalized spacial score (nSPS) is 17.1. The second kappa shape index (κ2) is 3.68. The Morgan fingerprint density at radius 3 is 2.59 bits per heavy atom. The van der Waals surface area contributed by atoms with E-state index in [4.69, 9.17) is 19.6 Å².